The second-order valence-corrected chi connectivity index (χ2v) is 6.39. The van der Waals surface area contributed by atoms with Gasteiger partial charge in [0, 0.05) is 12.5 Å². The van der Waals surface area contributed by atoms with E-state index in [1.165, 1.54) is 0 Å². The fraction of sp³-hybridized carbons (Fsp3) is 0.286. The first-order valence-electron chi connectivity index (χ1n) is 8.90. The van der Waals surface area contributed by atoms with E-state index in [1.54, 1.807) is 25.3 Å². The number of nitrogens with two attached hydrogens (primary N) is 1. The number of amides is 1. The molecule has 0 spiro atoms. The van der Waals surface area contributed by atoms with Gasteiger partial charge in [-0.3, -0.25) is 9.59 Å². The standard InChI is InChI=1S/C21H22N2O4/c1-26-15-11-12-17-18(13-15)27-21(23-17)20(25)16(9-5-6-10-19(22)24)14-7-3-2-4-8-14/h2-4,7-8,11-13,16H,5-6,9-10H2,1H3,(H2,22,24). The van der Waals surface area contributed by atoms with E-state index in [0.29, 0.717) is 42.5 Å². The van der Waals surface area contributed by atoms with Gasteiger partial charge in [0.05, 0.1) is 13.0 Å². The van der Waals surface area contributed by atoms with Gasteiger partial charge in [-0.2, -0.15) is 0 Å². The highest BCUT2D eigenvalue weighted by Gasteiger charge is 2.26. The monoisotopic (exact) mass is 366 g/mol. The number of carbonyl (C=O) groups is 2. The van der Waals surface area contributed by atoms with Gasteiger partial charge >= 0.3 is 0 Å². The molecule has 1 aromatic heterocycles. The van der Waals surface area contributed by atoms with E-state index < -0.39 is 0 Å². The number of primary amides is 1. The molecule has 0 aliphatic rings. The molecule has 1 heterocycles. The van der Waals surface area contributed by atoms with Crippen molar-refractivity contribution in [3.05, 3.63) is 60.0 Å². The van der Waals surface area contributed by atoms with E-state index in [2.05, 4.69) is 4.98 Å². The summed E-state index contributed by atoms with van der Waals surface area (Å²) in [5.74, 6) is -0.152. The van der Waals surface area contributed by atoms with Crippen LogP contribution in [0.25, 0.3) is 11.1 Å². The molecule has 2 N–H and O–H groups in total. The Labute approximate surface area is 157 Å². The number of ether oxygens (including phenoxy) is 1. The average molecular weight is 366 g/mol. The third kappa shape index (κ3) is 4.53. The Kier molecular flexibility index (Phi) is 5.86. The maximum Gasteiger partial charge on any atom is 0.264 e. The number of unbranched alkanes of at least 4 members (excludes halogenated alkanes) is 1. The van der Waals surface area contributed by atoms with E-state index in [-0.39, 0.29) is 23.5 Å². The first kappa shape index (κ1) is 18.6. The number of hydrogen-bond donors (Lipinski definition) is 1. The smallest absolute Gasteiger partial charge is 0.264 e. The second kappa shape index (κ2) is 8.49. The maximum absolute atomic E-state index is 13.1. The highest BCUT2D eigenvalue weighted by Crippen LogP contribution is 2.29. The van der Waals surface area contributed by atoms with Gasteiger partial charge in [-0.15, -0.1) is 0 Å². The summed E-state index contributed by atoms with van der Waals surface area (Å²) >= 11 is 0. The van der Waals surface area contributed by atoms with Crippen molar-refractivity contribution in [2.24, 2.45) is 5.73 Å². The number of ketones is 1. The van der Waals surface area contributed by atoms with Crippen LogP contribution in [0.15, 0.2) is 52.9 Å². The van der Waals surface area contributed by atoms with Gasteiger partial charge in [-0.25, -0.2) is 4.98 Å². The van der Waals surface area contributed by atoms with E-state index in [4.69, 9.17) is 14.9 Å². The number of Topliss-reactive ketones (excluding diaryl/α,β-unsaturated/α-hetero) is 1. The molecule has 2 aromatic carbocycles. The van der Waals surface area contributed by atoms with Gasteiger partial charge in [-0.05, 0) is 30.5 Å². The molecule has 0 aliphatic heterocycles. The van der Waals surface area contributed by atoms with Crippen LogP contribution in [0.5, 0.6) is 5.75 Å². The summed E-state index contributed by atoms with van der Waals surface area (Å²) in [7, 11) is 1.57. The quantitative estimate of drug-likeness (QED) is 0.458. The highest BCUT2D eigenvalue weighted by molar-refractivity contribution is 5.99. The second-order valence-electron chi connectivity index (χ2n) is 6.39. The number of carbonyl (C=O) groups excluding carboxylic acids is 2. The van der Waals surface area contributed by atoms with Crippen molar-refractivity contribution in [3.8, 4) is 5.75 Å². The van der Waals surface area contributed by atoms with Crippen molar-refractivity contribution in [2.45, 2.75) is 31.6 Å². The van der Waals surface area contributed by atoms with Crippen LogP contribution in [0.1, 0.15) is 47.8 Å². The molecule has 0 saturated carbocycles. The van der Waals surface area contributed by atoms with Gasteiger partial charge in [0.1, 0.15) is 11.3 Å². The van der Waals surface area contributed by atoms with Crippen LogP contribution in [0.2, 0.25) is 0 Å². The molecule has 27 heavy (non-hydrogen) atoms. The van der Waals surface area contributed by atoms with Crippen molar-refractivity contribution in [2.75, 3.05) is 7.11 Å². The molecule has 3 rings (SSSR count). The number of fused-ring (bicyclic) bond motifs is 1. The van der Waals surface area contributed by atoms with Crippen LogP contribution in [-0.2, 0) is 4.79 Å². The summed E-state index contributed by atoms with van der Waals surface area (Å²) < 4.78 is 10.9. The van der Waals surface area contributed by atoms with Crippen LogP contribution in [0.4, 0.5) is 0 Å². The lowest BCUT2D eigenvalue weighted by Gasteiger charge is -2.14. The maximum atomic E-state index is 13.1. The van der Waals surface area contributed by atoms with Crippen LogP contribution in [-0.4, -0.2) is 23.8 Å². The topological polar surface area (TPSA) is 95.4 Å². The molecule has 140 valence electrons. The van der Waals surface area contributed by atoms with Crippen LogP contribution < -0.4 is 10.5 Å². The van der Waals surface area contributed by atoms with Gasteiger partial charge < -0.3 is 14.9 Å². The minimum absolute atomic E-state index is 0.0852. The molecule has 0 saturated heterocycles. The van der Waals surface area contributed by atoms with Crippen molar-refractivity contribution >= 4 is 22.8 Å². The van der Waals surface area contributed by atoms with Crippen LogP contribution in [0, 0.1) is 0 Å². The third-order valence-electron chi connectivity index (χ3n) is 4.49. The predicted molar refractivity (Wildman–Crippen MR) is 102 cm³/mol. The molecular weight excluding hydrogens is 344 g/mol. The molecule has 6 heteroatoms. The summed E-state index contributed by atoms with van der Waals surface area (Å²) in [4.78, 5) is 28.4. The summed E-state index contributed by atoms with van der Waals surface area (Å²) in [5.41, 5.74) is 7.22. The van der Waals surface area contributed by atoms with E-state index >= 15 is 0 Å². The number of aromatic nitrogens is 1. The van der Waals surface area contributed by atoms with Crippen molar-refractivity contribution in [1.82, 2.24) is 4.98 Å². The molecule has 0 bridgehead atoms. The fourth-order valence-corrected chi connectivity index (χ4v) is 3.07. The summed E-state index contributed by atoms with van der Waals surface area (Å²) in [6, 6.07) is 14.8. The Morgan fingerprint density at radius 2 is 1.93 bits per heavy atom. The Bertz CT molecular complexity index is 934. The van der Waals surface area contributed by atoms with E-state index in [1.807, 2.05) is 30.3 Å². The first-order chi connectivity index (χ1) is 13.1. The van der Waals surface area contributed by atoms with Crippen molar-refractivity contribution in [1.29, 1.82) is 0 Å². The van der Waals surface area contributed by atoms with Crippen molar-refractivity contribution < 1.29 is 18.7 Å². The lowest BCUT2D eigenvalue weighted by Crippen LogP contribution is -2.14. The molecule has 0 fully saturated rings. The average Bonchev–Trinajstić information content (AvgIpc) is 3.11. The first-order valence-corrected chi connectivity index (χ1v) is 8.90. The largest absolute Gasteiger partial charge is 0.497 e. The highest BCUT2D eigenvalue weighted by atomic mass is 16.5. The molecule has 6 nitrogen and oxygen atoms in total. The normalized spacial score (nSPS) is 12.0. The third-order valence-corrected chi connectivity index (χ3v) is 4.49. The number of rotatable bonds is 9. The van der Waals surface area contributed by atoms with Crippen LogP contribution >= 0.6 is 0 Å². The van der Waals surface area contributed by atoms with E-state index in [9.17, 15) is 9.59 Å². The molecular formula is C21H22N2O4. The Balaban J connectivity index is 1.84. The van der Waals surface area contributed by atoms with Crippen LogP contribution in [0.3, 0.4) is 0 Å². The zero-order valence-electron chi connectivity index (χ0n) is 15.2. The molecule has 1 unspecified atom stereocenters. The molecule has 3 aromatic rings. The minimum atomic E-state index is -0.381. The Morgan fingerprint density at radius 1 is 1.15 bits per heavy atom. The van der Waals surface area contributed by atoms with Gasteiger partial charge in [-0.1, -0.05) is 36.8 Å². The SMILES string of the molecule is COc1ccc2nc(C(=O)C(CCCCC(N)=O)c3ccccc3)oc2c1. The number of nitrogens with zero attached hydrogens (tertiary/aromatic N) is 1. The lowest BCUT2D eigenvalue weighted by molar-refractivity contribution is -0.118. The Morgan fingerprint density at radius 3 is 2.63 bits per heavy atom. The predicted octanol–water partition coefficient (Wildman–Crippen LogP) is 3.85. The number of hydrogen-bond acceptors (Lipinski definition) is 5. The van der Waals surface area contributed by atoms with Gasteiger partial charge in [0.15, 0.2) is 5.58 Å². The number of oxazole rings is 1. The summed E-state index contributed by atoms with van der Waals surface area (Å²) in [6.45, 7) is 0. The molecule has 1 amide bonds. The number of methoxy groups -OCH3 is 1. The van der Waals surface area contributed by atoms with Gasteiger partial charge in [0.2, 0.25) is 11.7 Å². The van der Waals surface area contributed by atoms with E-state index in [0.717, 1.165) is 5.56 Å². The zero-order chi connectivity index (χ0) is 19.2. The summed E-state index contributed by atoms with van der Waals surface area (Å²) in [6.07, 6.45) is 2.27. The molecule has 1 atom stereocenters. The lowest BCUT2D eigenvalue weighted by atomic mass is 9.89. The summed E-state index contributed by atoms with van der Waals surface area (Å²) in [5, 5.41) is 0. The van der Waals surface area contributed by atoms with Gasteiger partial charge in [0.25, 0.3) is 5.89 Å². The molecule has 0 radical (unpaired) electrons. The Hall–Kier alpha value is -3.15. The fourth-order valence-electron chi connectivity index (χ4n) is 3.07. The molecule has 0 aliphatic carbocycles. The number of benzene rings is 2. The van der Waals surface area contributed by atoms with Crippen molar-refractivity contribution in [3.63, 3.8) is 0 Å². The zero-order valence-corrected chi connectivity index (χ0v) is 15.2. The minimum Gasteiger partial charge on any atom is -0.497 e.